The summed E-state index contributed by atoms with van der Waals surface area (Å²) in [6.07, 6.45) is 1.40. The Balaban J connectivity index is 2.96. The maximum atomic E-state index is 10.9. The molecule has 76 valence electrons. The summed E-state index contributed by atoms with van der Waals surface area (Å²) in [7, 11) is 0. The van der Waals surface area contributed by atoms with Crippen molar-refractivity contribution in [1.82, 2.24) is 4.98 Å². The van der Waals surface area contributed by atoms with Crippen LogP contribution in [0.3, 0.4) is 0 Å². The fourth-order valence-corrected chi connectivity index (χ4v) is 1.83. The van der Waals surface area contributed by atoms with Gasteiger partial charge in [0.1, 0.15) is 0 Å². The molecule has 15 heavy (non-hydrogen) atoms. The third-order valence-electron chi connectivity index (χ3n) is 2.02. The van der Waals surface area contributed by atoms with Crippen LogP contribution in [-0.4, -0.2) is 16.1 Å². The quantitative estimate of drug-likeness (QED) is 0.834. The van der Waals surface area contributed by atoms with Gasteiger partial charge in [0.15, 0.2) is 0 Å². The van der Waals surface area contributed by atoms with E-state index >= 15 is 0 Å². The molecule has 3 nitrogen and oxygen atoms in total. The number of rotatable bonds is 1. The second kappa shape index (κ2) is 3.68. The molecule has 0 amide bonds. The lowest BCUT2D eigenvalue weighted by molar-refractivity contribution is 0.0699. The third kappa shape index (κ3) is 1.64. The standard InChI is InChI=1S/C10H5Cl2NO2/c11-6-1-2-7(12)9-8(6)5(10(14)15)3-4-13-9/h1-4H,(H,14,15). The van der Waals surface area contributed by atoms with Crippen molar-refractivity contribution in [1.29, 1.82) is 0 Å². The van der Waals surface area contributed by atoms with Crippen molar-refractivity contribution in [3.8, 4) is 0 Å². The summed E-state index contributed by atoms with van der Waals surface area (Å²) in [4.78, 5) is 15.0. The van der Waals surface area contributed by atoms with E-state index in [2.05, 4.69) is 4.98 Å². The van der Waals surface area contributed by atoms with Crippen molar-refractivity contribution in [2.45, 2.75) is 0 Å². The zero-order chi connectivity index (χ0) is 11.0. The molecule has 0 saturated carbocycles. The van der Waals surface area contributed by atoms with E-state index in [-0.39, 0.29) is 5.56 Å². The number of halogens is 2. The predicted octanol–water partition coefficient (Wildman–Crippen LogP) is 3.24. The van der Waals surface area contributed by atoms with Crippen LogP contribution in [0.15, 0.2) is 24.4 Å². The Bertz CT molecular complexity index is 554. The molecule has 2 aromatic rings. The number of pyridine rings is 1. The summed E-state index contributed by atoms with van der Waals surface area (Å²) in [6, 6.07) is 4.54. The van der Waals surface area contributed by atoms with E-state index < -0.39 is 5.97 Å². The van der Waals surface area contributed by atoms with Gasteiger partial charge in [-0.05, 0) is 18.2 Å². The topological polar surface area (TPSA) is 50.2 Å². The number of carbonyl (C=O) groups is 1. The van der Waals surface area contributed by atoms with Crippen molar-refractivity contribution in [2.75, 3.05) is 0 Å². The molecule has 1 N–H and O–H groups in total. The fraction of sp³-hybridized carbons (Fsp3) is 0. The molecule has 0 atom stereocenters. The van der Waals surface area contributed by atoms with Gasteiger partial charge in [-0.25, -0.2) is 4.79 Å². The van der Waals surface area contributed by atoms with Crippen molar-refractivity contribution in [2.24, 2.45) is 0 Å². The maximum Gasteiger partial charge on any atom is 0.336 e. The van der Waals surface area contributed by atoms with Gasteiger partial charge in [0.05, 0.1) is 21.1 Å². The lowest BCUT2D eigenvalue weighted by Crippen LogP contribution is -1.98. The van der Waals surface area contributed by atoms with E-state index in [1.807, 2.05) is 0 Å². The molecule has 5 heteroatoms. The van der Waals surface area contributed by atoms with Crippen LogP contribution in [0.25, 0.3) is 10.9 Å². The maximum absolute atomic E-state index is 10.9. The minimum Gasteiger partial charge on any atom is -0.478 e. The number of hydrogen-bond donors (Lipinski definition) is 1. The summed E-state index contributed by atoms with van der Waals surface area (Å²) >= 11 is 11.8. The minimum absolute atomic E-state index is 0.104. The highest BCUT2D eigenvalue weighted by Gasteiger charge is 2.13. The van der Waals surface area contributed by atoms with Crippen molar-refractivity contribution < 1.29 is 9.90 Å². The van der Waals surface area contributed by atoms with Gasteiger partial charge in [0, 0.05) is 11.6 Å². The molecule has 0 aliphatic heterocycles. The number of carboxylic acids is 1. The Morgan fingerprint density at radius 2 is 1.87 bits per heavy atom. The van der Waals surface area contributed by atoms with Gasteiger partial charge in [-0.1, -0.05) is 23.2 Å². The average Bonchev–Trinajstić information content (AvgIpc) is 2.23. The minimum atomic E-state index is -1.05. The first-order valence-electron chi connectivity index (χ1n) is 4.07. The number of benzene rings is 1. The summed E-state index contributed by atoms with van der Waals surface area (Å²) in [5, 5.41) is 10.1. The summed E-state index contributed by atoms with van der Waals surface area (Å²) in [6.45, 7) is 0. The lowest BCUT2D eigenvalue weighted by atomic mass is 10.1. The second-order valence-corrected chi connectivity index (χ2v) is 3.73. The van der Waals surface area contributed by atoms with E-state index in [1.54, 1.807) is 12.1 Å². The van der Waals surface area contributed by atoms with Crippen LogP contribution in [0.5, 0.6) is 0 Å². The molecule has 0 saturated heterocycles. The first kappa shape index (κ1) is 10.2. The summed E-state index contributed by atoms with van der Waals surface area (Å²) < 4.78 is 0. The fourth-order valence-electron chi connectivity index (χ4n) is 1.37. The van der Waals surface area contributed by atoms with E-state index in [9.17, 15) is 4.79 Å². The molecule has 1 aromatic heterocycles. The van der Waals surface area contributed by atoms with Crippen LogP contribution in [0.4, 0.5) is 0 Å². The monoisotopic (exact) mass is 241 g/mol. The Labute approximate surface area is 95.3 Å². The van der Waals surface area contributed by atoms with Crippen LogP contribution in [0, 0.1) is 0 Å². The van der Waals surface area contributed by atoms with E-state index in [0.29, 0.717) is 20.9 Å². The molecule has 1 heterocycles. The molecule has 1 aromatic carbocycles. The summed E-state index contributed by atoms with van der Waals surface area (Å²) in [5.74, 6) is -1.05. The smallest absolute Gasteiger partial charge is 0.336 e. The molecule has 2 rings (SSSR count). The molecule has 0 radical (unpaired) electrons. The molecular formula is C10H5Cl2NO2. The number of aromatic carboxylic acids is 1. The molecule has 0 fully saturated rings. The third-order valence-corrected chi connectivity index (χ3v) is 2.64. The van der Waals surface area contributed by atoms with Gasteiger partial charge in [0.2, 0.25) is 0 Å². The van der Waals surface area contributed by atoms with Crippen LogP contribution < -0.4 is 0 Å². The normalized spacial score (nSPS) is 10.5. The zero-order valence-electron chi connectivity index (χ0n) is 7.37. The SMILES string of the molecule is O=C(O)c1ccnc2c(Cl)ccc(Cl)c12. The van der Waals surface area contributed by atoms with Gasteiger partial charge < -0.3 is 5.11 Å². The van der Waals surface area contributed by atoms with Gasteiger partial charge >= 0.3 is 5.97 Å². The van der Waals surface area contributed by atoms with E-state index in [0.717, 1.165) is 0 Å². The highest BCUT2D eigenvalue weighted by Crippen LogP contribution is 2.30. The van der Waals surface area contributed by atoms with Gasteiger partial charge in [-0.3, -0.25) is 4.98 Å². The highest BCUT2D eigenvalue weighted by molar-refractivity contribution is 6.40. The van der Waals surface area contributed by atoms with Crippen LogP contribution >= 0.6 is 23.2 Å². The Kier molecular flexibility index (Phi) is 2.50. The largest absolute Gasteiger partial charge is 0.478 e. The molecule has 0 spiro atoms. The Hall–Kier alpha value is -1.32. The molecule has 0 aliphatic rings. The van der Waals surface area contributed by atoms with Crippen LogP contribution in [-0.2, 0) is 0 Å². The van der Waals surface area contributed by atoms with Crippen molar-refractivity contribution >= 4 is 40.1 Å². The van der Waals surface area contributed by atoms with Gasteiger partial charge in [-0.15, -0.1) is 0 Å². The highest BCUT2D eigenvalue weighted by atomic mass is 35.5. The van der Waals surface area contributed by atoms with Crippen LogP contribution in [0.1, 0.15) is 10.4 Å². The van der Waals surface area contributed by atoms with Crippen molar-refractivity contribution in [3.05, 3.63) is 40.0 Å². The second-order valence-electron chi connectivity index (χ2n) is 2.92. The number of aromatic nitrogens is 1. The van der Waals surface area contributed by atoms with Crippen molar-refractivity contribution in [3.63, 3.8) is 0 Å². The van der Waals surface area contributed by atoms with E-state index in [4.69, 9.17) is 28.3 Å². The average molecular weight is 242 g/mol. The summed E-state index contributed by atoms with van der Waals surface area (Å²) in [5.41, 5.74) is 0.511. The first-order valence-corrected chi connectivity index (χ1v) is 4.83. The number of nitrogens with zero attached hydrogens (tertiary/aromatic N) is 1. The molecule has 0 unspecified atom stereocenters. The number of fused-ring (bicyclic) bond motifs is 1. The number of hydrogen-bond acceptors (Lipinski definition) is 2. The van der Waals surface area contributed by atoms with Crippen LogP contribution in [0.2, 0.25) is 10.0 Å². The Morgan fingerprint density at radius 1 is 1.20 bits per heavy atom. The van der Waals surface area contributed by atoms with Gasteiger partial charge in [0.25, 0.3) is 0 Å². The van der Waals surface area contributed by atoms with E-state index in [1.165, 1.54) is 12.3 Å². The molecule has 0 aliphatic carbocycles. The molecular weight excluding hydrogens is 237 g/mol. The zero-order valence-corrected chi connectivity index (χ0v) is 8.88. The molecule has 0 bridgehead atoms. The lowest BCUT2D eigenvalue weighted by Gasteiger charge is -2.04. The number of carboxylic acid groups (broad SMARTS) is 1. The Morgan fingerprint density at radius 3 is 2.53 bits per heavy atom. The predicted molar refractivity (Wildman–Crippen MR) is 58.7 cm³/mol. The van der Waals surface area contributed by atoms with Gasteiger partial charge in [-0.2, -0.15) is 0 Å². The first-order chi connectivity index (χ1) is 7.11.